The molecular weight excluding hydrogens is 462 g/mol. The molecular formula is C26H21F4N3O2. The van der Waals surface area contributed by atoms with Gasteiger partial charge in [-0.05, 0) is 68.3 Å². The van der Waals surface area contributed by atoms with Crippen LogP contribution in [0.25, 0.3) is 5.69 Å². The lowest BCUT2D eigenvalue weighted by atomic mass is 9.99. The maximum absolute atomic E-state index is 13.7. The van der Waals surface area contributed by atoms with Gasteiger partial charge in [-0.15, -0.1) is 0 Å². The topological polar surface area (TPSA) is 56.9 Å². The Kier molecular flexibility index (Phi) is 6.19. The van der Waals surface area contributed by atoms with Crippen LogP contribution in [0.2, 0.25) is 0 Å². The normalized spacial score (nSPS) is 12.5. The van der Waals surface area contributed by atoms with Crippen molar-refractivity contribution in [1.82, 2.24) is 14.1 Å². The number of halogens is 4. The standard InChI is InChI=1S/C26H21F4N3O2/c1-15-10-19(6-9-23(15)32-12-16(2)31-14-32)24(34)22-11-20(26(28,29)30)13-33(25(22)35)17(3)18-4-7-21(27)8-5-18/h4-14,17H,1-3H3. The van der Waals surface area contributed by atoms with Crippen LogP contribution in [0.15, 0.2) is 72.0 Å². The number of benzene rings is 2. The maximum atomic E-state index is 13.7. The molecule has 0 saturated carbocycles. The Morgan fingerprint density at radius 1 is 1.00 bits per heavy atom. The third-order valence-corrected chi connectivity index (χ3v) is 5.83. The Morgan fingerprint density at radius 3 is 2.26 bits per heavy atom. The van der Waals surface area contributed by atoms with Crippen molar-refractivity contribution in [3.05, 3.63) is 117 Å². The zero-order valence-corrected chi connectivity index (χ0v) is 19.1. The number of aryl methyl sites for hydroxylation is 2. The molecule has 0 spiro atoms. The molecule has 35 heavy (non-hydrogen) atoms. The van der Waals surface area contributed by atoms with Gasteiger partial charge in [0.05, 0.1) is 29.2 Å². The summed E-state index contributed by atoms with van der Waals surface area (Å²) in [5.41, 5.74) is 0.128. The van der Waals surface area contributed by atoms with Crippen molar-refractivity contribution >= 4 is 5.78 Å². The molecule has 0 amide bonds. The van der Waals surface area contributed by atoms with E-state index in [1.807, 2.05) is 6.92 Å². The zero-order chi connectivity index (χ0) is 25.5. The van der Waals surface area contributed by atoms with Crippen LogP contribution in [0.4, 0.5) is 17.6 Å². The number of carbonyl (C=O) groups is 1. The number of pyridine rings is 1. The maximum Gasteiger partial charge on any atom is 0.417 e. The molecule has 2 aromatic carbocycles. The second kappa shape index (κ2) is 8.98. The van der Waals surface area contributed by atoms with Crippen molar-refractivity contribution in [2.24, 2.45) is 0 Å². The molecule has 4 rings (SSSR count). The fourth-order valence-electron chi connectivity index (χ4n) is 3.90. The lowest BCUT2D eigenvalue weighted by molar-refractivity contribution is -0.138. The largest absolute Gasteiger partial charge is 0.417 e. The van der Waals surface area contributed by atoms with E-state index in [1.54, 1.807) is 30.1 Å². The molecule has 0 aliphatic carbocycles. The van der Waals surface area contributed by atoms with E-state index in [9.17, 15) is 27.2 Å². The molecule has 1 atom stereocenters. The lowest BCUT2D eigenvalue weighted by Crippen LogP contribution is -2.31. The molecule has 0 fully saturated rings. The van der Waals surface area contributed by atoms with Crippen molar-refractivity contribution in [2.45, 2.75) is 33.0 Å². The van der Waals surface area contributed by atoms with Gasteiger partial charge < -0.3 is 9.13 Å². The summed E-state index contributed by atoms with van der Waals surface area (Å²) in [5, 5.41) is 0. The predicted molar refractivity (Wildman–Crippen MR) is 122 cm³/mol. The lowest BCUT2D eigenvalue weighted by Gasteiger charge is -2.19. The SMILES string of the molecule is Cc1cn(-c2ccc(C(=O)c3cc(C(F)(F)F)cn(C(C)c4ccc(F)cc4)c3=O)cc2C)cn1. The number of rotatable bonds is 5. The molecule has 0 N–H and O–H groups in total. The van der Waals surface area contributed by atoms with Crippen molar-refractivity contribution in [2.75, 3.05) is 0 Å². The molecule has 0 aliphatic heterocycles. The number of imidazole rings is 1. The van der Waals surface area contributed by atoms with Gasteiger partial charge in [-0.25, -0.2) is 9.37 Å². The molecule has 180 valence electrons. The van der Waals surface area contributed by atoms with Crippen LogP contribution < -0.4 is 5.56 Å². The Balaban J connectivity index is 1.81. The Morgan fingerprint density at radius 2 is 1.69 bits per heavy atom. The van der Waals surface area contributed by atoms with E-state index in [2.05, 4.69) is 4.98 Å². The molecule has 4 aromatic rings. The summed E-state index contributed by atoms with van der Waals surface area (Å²) in [5.74, 6) is -1.34. The number of ketones is 1. The van der Waals surface area contributed by atoms with Crippen molar-refractivity contribution in [1.29, 1.82) is 0 Å². The third kappa shape index (κ3) is 4.80. The van der Waals surface area contributed by atoms with Crippen molar-refractivity contribution in [3.63, 3.8) is 0 Å². The average Bonchev–Trinajstić information content (AvgIpc) is 3.24. The molecule has 0 radical (unpaired) electrons. The summed E-state index contributed by atoms with van der Waals surface area (Å²) in [6.07, 6.45) is -0.692. The Bertz CT molecular complexity index is 1470. The average molecular weight is 483 g/mol. The van der Waals surface area contributed by atoms with Crippen LogP contribution in [0.3, 0.4) is 0 Å². The highest BCUT2D eigenvalue weighted by atomic mass is 19.4. The van der Waals surface area contributed by atoms with Gasteiger partial charge in [0.2, 0.25) is 0 Å². The highest BCUT2D eigenvalue weighted by Crippen LogP contribution is 2.31. The molecule has 9 heteroatoms. The van der Waals surface area contributed by atoms with E-state index in [4.69, 9.17) is 0 Å². The molecule has 5 nitrogen and oxygen atoms in total. The molecule has 2 aromatic heterocycles. The molecule has 1 unspecified atom stereocenters. The smallest absolute Gasteiger partial charge is 0.307 e. The minimum atomic E-state index is -4.79. The van der Waals surface area contributed by atoms with Gasteiger partial charge in [0.1, 0.15) is 5.82 Å². The van der Waals surface area contributed by atoms with Crippen LogP contribution in [0, 0.1) is 19.7 Å². The zero-order valence-electron chi connectivity index (χ0n) is 19.1. The first-order valence-corrected chi connectivity index (χ1v) is 10.7. The predicted octanol–water partition coefficient (Wildman–Crippen LogP) is 5.65. The Hall–Kier alpha value is -4.01. The van der Waals surface area contributed by atoms with Crippen LogP contribution in [0.5, 0.6) is 0 Å². The van der Waals surface area contributed by atoms with Crippen LogP contribution in [0.1, 0.15) is 51.3 Å². The van der Waals surface area contributed by atoms with E-state index in [0.29, 0.717) is 23.4 Å². The van der Waals surface area contributed by atoms with Gasteiger partial charge >= 0.3 is 6.18 Å². The molecule has 0 bridgehead atoms. The minimum Gasteiger partial charge on any atom is -0.307 e. The van der Waals surface area contributed by atoms with E-state index in [0.717, 1.165) is 28.1 Å². The number of hydrogen-bond donors (Lipinski definition) is 0. The Labute approximate surface area is 198 Å². The van der Waals surface area contributed by atoms with Gasteiger partial charge in [-0.3, -0.25) is 9.59 Å². The number of alkyl halides is 3. The van der Waals surface area contributed by atoms with E-state index in [-0.39, 0.29) is 5.56 Å². The van der Waals surface area contributed by atoms with Crippen molar-refractivity contribution < 1.29 is 22.4 Å². The number of nitrogens with zero attached hydrogens (tertiary/aromatic N) is 3. The first-order chi connectivity index (χ1) is 16.5. The summed E-state index contributed by atoms with van der Waals surface area (Å²) in [6, 6.07) is 9.44. The molecule has 2 heterocycles. The van der Waals surface area contributed by atoms with Gasteiger partial charge in [0, 0.05) is 23.6 Å². The summed E-state index contributed by atoms with van der Waals surface area (Å²) in [7, 11) is 0. The highest BCUT2D eigenvalue weighted by molar-refractivity contribution is 6.09. The van der Waals surface area contributed by atoms with Gasteiger partial charge in [0.25, 0.3) is 5.56 Å². The fourth-order valence-corrected chi connectivity index (χ4v) is 3.90. The fraction of sp³-hybridized carbons (Fsp3) is 0.192. The number of hydrogen-bond acceptors (Lipinski definition) is 3. The quantitative estimate of drug-likeness (QED) is 0.272. The third-order valence-electron chi connectivity index (χ3n) is 5.83. The second-order valence-corrected chi connectivity index (χ2v) is 8.33. The van der Waals surface area contributed by atoms with Gasteiger partial charge in [-0.1, -0.05) is 12.1 Å². The van der Waals surface area contributed by atoms with E-state index < -0.39 is 40.5 Å². The summed E-state index contributed by atoms with van der Waals surface area (Å²) < 4.78 is 57.0. The summed E-state index contributed by atoms with van der Waals surface area (Å²) >= 11 is 0. The summed E-state index contributed by atoms with van der Waals surface area (Å²) in [4.78, 5) is 30.6. The minimum absolute atomic E-state index is 0.0838. The highest BCUT2D eigenvalue weighted by Gasteiger charge is 2.34. The summed E-state index contributed by atoms with van der Waals surface area (Å²) in [6.45, 7) is 5.09. The van der Waals surface area contributed by atoms with Gasteiger partial charge in [0.15, 0.2) is 5.78 Å². The number of aromatic nitrogens is 3. The monoisotopic (exact) mass is 483 g/mol. The van der Waals surface area contributed by atoms with Crippen LogP contribution >= 0.6 is 0 Å². The molecule has 0 saturated heterocycles. The first-order valence-electron chi connectivity index (χ1n) is 10.7. The van der Waals surface area contributed by atoms with E-state index in [1.165, 1.54) is 31.2 Å². The second-order valence-electron chi connectivity index (χ2n) is 8.33. The van der Waals surface area contributed by atoms with Crippen LogP contribution in [-0.4, -0.2) is 19.9 Å². The molecule has 0 aliphatic rings. The van der Waals surface area contributed by atoms with Crippen LogP contribution in [-0.2, 0) is 6.18 Å². The van der Waals surface area contributed by atoms with Gasteiger partial charge in [-0.2, -0.15) is 13.2 Å². The van der Waals surface area contributed by atoms with E-state index >= 15 is 0 Å². The number of carbonyl (C=O) groups excluding carboxylic acids is 1. The first kappa shape index (κ1) is 24.1. The van der Waals surface area contributed by atoms with Crippen molar-refractivity contribution in [3.8, 4) is 5.69 Å².